The quantitative estimate of drug-likeness (QED) is 0.720. The van der Waals surface area contributed by atoms with E-state index in [1.54, 1.807) is 26.5 Å². The van der Waals surface area contributed by atoms with Crippen molar-refractivity contribution in [3.8, 4) is 11.5 Å². The van der Waals surface area contributed by atoms with Gasteiger partial charge in [-0.15, -0.1) is 0 Å². The number of aromatic nitrogens is 1. The van der Waals surface area contributed by atoms with Crippen LogP contribution in [0.3, 0.4) is 0 Å². The zero-order valence-corrected chi connectivity index (χ0v) is 15.8. The molecule has 0 radical (unpaired) electrons. The maximum atomic E-state index is 12.3. The van der Waals surface area contributed by atoms with Crippen LogP contribution in [0.2, 0.25) is 0 Å². The third-order valence-corrected chi connectivity index (χ3v) is 4.17. The lowest BCUT2D eigenvalue weighted by molar-refractivity contribution is 0.0949. The van der Waals surface area contributed by atoms with E-state index in [0.717, 1.165) is 17.7 Å². The van der Waals surface area contributed by atoms with Crippen LogP contribution in [0, 0.1) is 0 Å². The van der Waals surface area contributed by atoms with Gasteiger partial charge in [-0.2, -0.15) is 0 Å². The molecule has 1 unspecified atom stereocenters. The average molecular weight is 357 g/mol. The summed E-state index contributed by atoms with van der Waals surface area (Å²) >= 11 is 0. The van der Waals surface area contributed by atoms with E-state index in [0.29, 0.717) is 36.2 Å². The van der Waals surface area contributed by atoms with Crippen LogP contribution in [0.4, 0.5) is 5.69 Å². The highest BCUT2D eigenvalue weighted by Gasteiger charge is 2.09. The SMILES string of the molecule is CCC(C)Nc1ccnc(C(=O)NCCc2ccc(OC)c(OC)c2)c1. The summed E-state index contributed by atoms with van der Waals surface area (Å²) in [6.45, 7) is 4.73. The second-order valence-electron chi connectivity index (χ2n) is 6.08. The summed E-state index contributed by atoms with van der Waals surface area (Å²) in [6.07, 6.45) is 3.35. The monoisotopic (exact) mass is 357 g/mol. The Bertz CT molecular complexity index is 734. The molecule has 26 heavy (non-hydrogen) atoms. The van der Waals surface area contributed by atoms with E-state index in [9.17, 15) is 4.79 Å². The Morgan fingerprint density at radius 1 is 1.15 bits per heavy atom. The van der Waals surface area contributed by atoms with Crippen LogP contribution in [0.15, 0.2) is 36.5 Å². The second-order valence-corrected chi connectivity index (χ2v) is 6.08. The summed E-state index contributed by atoms with van der Waals surface area (Å²) in [4.78, 5) is 16.5. The highest BCUT2D eigenvalue weighted by Crippen LogP contribution is 2.27. The van der Waals surface area contributed by atoms with Gasteiger partial charge >= 0.3 is 0 Å². The molecule has 2 rings (SSSR count). The normalized spacial score (nSPS) is 11.5. The molecule has 6 heteroatoms. The van der Waals surface area contributed by atoms with Crippen LogP contribution in [0.25, 0.3) is 0 Å². The summed E-state index contributed by atoms with van der Waals surface area (Å²) in [5, 5.41) is 6.25. The first-order valence-corrected chi connectivity index (χ1v) is 8.79. The minimum absolute atomic E-state index is 0.182. The Hall–Kier alpha value is -2.76. The Kier molecular flexibility index (Phi) is 7.26. The van der Waals surface area contributed by atoms with Crippen LogP contribution in [-0.2, 0) is 6.42 Å². The van der Waals surface area contributed by atoms with Crippen molar-refractivity contribution in [3.63, 3.8) is 0 Å². The maximum Gasteiger partial charge on any atom is 0.269 e. The molecule has 2 N–H and O–H groups in total. The fourth-order valence-corrected chi connectivity index (χ4v) is 2.48. The van der Waals surface area contributed by atoms with Gasteiger partial charge in [0.05, 0.1) is 14.2 Å². The molecule has 140 valence electrons. The molecule has 0 fully saturated rings. The molecule has 1 amide bonds. The van der Waals surface area contributed by atoms with Gasteiger partial charge in [0, 0.05) is 24.5 Å². The number of ether oxygens (including phenoxy) is 2. The standard InChI is InChI=1S/C20H27N3O3/c1-5-14(2)23-16-9-11-21-17(13-16)20(24)22-10-8-15-6-7-18(25-3)19(12-15)26-4/h6-7,9,11-14H,5,8,10H2,1-4H3,(H,21,23)(H,22,24). The lowest BCUT2D eigenvalue weighted by atomic mass is 10.1. The molecule has 0 saturated heterocycles. The molecule has 1 aromatic carbocycles. The van der Waals surface area contributed by atoms with Gasteiger partial charge in [-0.25, -0.2) is 0 Å². The van der Waals surface area contributed by atoms with Crippen molar-refractivity contribution in [1.29, 1.82) is 0 Å². The van der Waals surface area contributed by atoms with E-state index < -0.39 is 0 Å². The first-order valence-electron chi connectivity index (χ1n) is 8.79. The van der Waals surface area contributed by atoms with Gasteiger partial charge in [-0.3, -0.25) is 9.78 Å². The maximum absolute atomic E-state index is 12.3. The molecule has 0 aliphatic rings. The Balaban J connectivity index is 1.92. The molecule has 0 aliphatic carbocycles. The van der Waals surface area contributed by atoms with Gasteiger partial charge in [-0.1, -0.05) is 13.0 Å². The zero-order chi connectivity index (χ0) is 18.9. The van der Waals surface area contributed by atoms with Crippen LogP contribution in [0.1, 0.15) is 36.3 Å². The number of amides is 1. The van der Waals surface area contributed by atoms with Gasteiger partial charge in [0.25, 0.3) is 5.91 Å². The summed E-state index contributed by atoms with van der Waals surface area (Å²) in [5.41, 5.74) is 2.37. The van der Waals surface area contributed by atoms with E-state index in [1.807, 2.05) is 24.3 Å². The van der Waals surface area contributed by atoms with Crippen molar-refractivity contribution in [2.24, 2.45) is 0 Å². The summed E-state index contributed by atoms with van der Waals surface area (Å²) in [5.74, 6) is 1.19. The van der Waals surface area contributed by atoms with Crippen molar-refractivity contribution >= 4 is 11.6 Å². The van der Waals surface area contributed by atoms with Crippen molar-refractivity contribution in [2.75, 3.05) is 26.1 Å². The lowest BCUT2D eigenvalue weighted by Gasteiger charge is -2.13. The largest absolute Gasteiger partial charge is 0.493 e. The third-order valence-electron chi connectivity index (χ3n) is 4.17. The lowest BCUT2D eigenvalue weighted by Crippen LogP contribution is -2.26. The average Bonchev–Trinajstić information content (AvgIpc) is 2.67. The molecule has 0 saturated carbocycles. The van der Waals surface area contributed by atoms with Gasteiger partial charge in [0.15, 0.2) is 11.5 Å². The highest BCUT2D eigenvalue weighted by atomic mass is 16.5. The summed E-state index contributed by atoms with van der Waals surface area (Å²) < 4.78 is 10.5. The number of rotatable bonds is 9. The molecule has 6 nitrogen and oxygen atoms in total. The molecular formula is C20H27N3O3. The predicted molar refractivity (Wildman–Crippen MR) is 103 cm³/mol. The zero-order valence-electron chi connectivity index (χ0n) is 15.8. The van der Waals surface area contributed by atoms with Crippen molar-refractivity contribution in [3.05, 3.63) is 47.8 Å². The van der Waals surface area contributed by atoms with E-state index in [2.05, 4.69) is 29.5 Å². The fraction of sp³-hybridized carbons (Fsp3) is 0.400. The molecular weight excluding hydrogens is 330 g/mol. The molecule has 0 bridgehead atoms. The third kappa shape index (κ3) is 5.37. The number of benzene rings is 1. The number of carbonyl (C=O) groups excluding carboxylic acids is 1. The van der Waals surface area contributed by atoms with Gasteiger partial charge in [0.2, 0.25) is 0 Å². The molecule has 0 spiro atoms. The van der Waals surface area contributed by atoms with Gasteiger partial charge in [-0.05, 0) is 49.6 Å². The Labute approximate surface area is 154 Å². The number of nitrogens with one attached hydrogen (secondary N) is 2. The van der Waals surface area contributed by atoms with Crippen LogP contribution >= 0.6 is 0 Å². The molecule has 1 aromatic heterocycles. The number of carbonyl (C=O) groups is 1. The molecule has 1 heterocycles. The van der Waals surface area contributed by atoms with Crippen LogP contribution in [-0.4, -0.2) is 37.7 Å². The Morgan fingerprint density at radius 2 is 1.92 bits per heavy atom. The van der Waals surface area contributed by atoms with Gasteiger partial charge in [0.1, 0.15) is 5.69 Å². The van der Waals surface area contributed by atoms with E-state index in [4.69, 9.17) is 9.47 Å². The van der Waals surface area contributed by atoms with Crippen LogP contribution in [0.5, 0.6) is 11.5 Å². The number of methoxy groups -OCH3 is 2. The molecule has 2 aromatic rings. The van der Waals surface area contributed by atoms with E-state index in [-0.39, 0.29) is 5.91 Å². The minimum Gasteiger partial charge on any atom is -0.493 e. The number of hydrogen-bond donors (Lipinski definition) is 2. The number of anilines is 1. The smallest absolute Gasteiger partial charge is 0.269 e. The number of hydrogen-bond acceptors (Lipinski definition) is 5. The van der Waals surface area contributed by atoms with Crippen molar-refractivity contribution in [2.45, 2.75) is 32.7 Å². The fourth-order valence-electron chi connectivity index (χ4n) is 2.48. The van der Waals surface area contributed by atoms with Crippen LogP contribution < -0.4 is 20.1 Å². The van der Waals surface area contributed by atoms with Crippen molar-refractivity contribution in [1.82, 2.24) is 10.3 Å². The first kappa shape index (κ1) is 19.6. The molecule has 0 aliphatic heterocycles. The Morgan fingerprint density at radius 3 is 2.62 bits per heavy atom. The van der Waals surface area contributed by atoms with Gasteiger partial charge < -0.3 is 20.1 Å². The topological polar surface area (TPSA) is 72.5 Å². The molecule has 1 atom stereocenters. The highest BCUT2D eigenvalue weighted by molar-refractivity contribution is 5.93. The van der Waals surface area contributed by atoms with E-state index in [1.165, 1.54) is 0 Å². The predicted octanol–water partition coefficient (Wildman–Crippen LogP) is 3.28. The summed E-state index contributed by atoms with van der Waals surface area (Å²) in [7, 11) is 3.21. The minimum atomic E-state index is -0.182. The number of nitrogens with zero attached hydrogens (tertiary/aromatic N) is 1. The summed E-state index contributed by atoms with van der Waals surface area (Å²) in [6, 6.07) is 9.73. The number of pyridine rings is 1. The second kappa shape index (κ2) is 9.65. The van der Waals surface area contributed by atoms with Crippen molar-refractivity contribution < 1.29 is 14.3 Å². The van der Waals surface area contributed by atoms with E-state index >= 15 is 0 Å². The first-order chi connectivity index (χ1) is 12.6.